The summed E-state index contributed by atoms with van der Waals surface area (Å²) in [6, 6.07) is 20.8. The predicted molar refractivity (Wildman–Crippen MR) is 94.3 cm³/mol. The average molecular weight is 312 g/mol. The molecule has 3 rings (SSSR count). The summed E-state index contributed by atoms with van der Waals surface area (Å²) in [6.07, 6.45) is 6.11. The van der Waals surface area contributed by atoms with E-state index in [1.54, 1.807) is 18.7 Å². The Labute approximate surface area is 138 Å². The Balaban J connectivity index is 0.000000172. The summed E-state index contributed by atoms with van der Waals surface area (Å²) < 4.78 is 0. The van der Waals surface area contributed by atoms with Crippen LogP contribution in [0, 0.1) is 5.92 Å². The maximum absolute atomic E-state index is 10.6. The summed E-state index contributed by atoms with van der Waals surface area (Å²) in [6.45, 7) is 1.69. The van der Waals surface area contributed by atoms with E-state index in [0.29, 0.717) is 5.78 Å². The highest BCUT2D eigenvalue weighted by molar-refractivity contribution is 7.99. The van der Waals surface area contributed by atoms with Crippen molar-refractivity contribution in [1.29, 1.82) is 0 Å². The fourth-order valence-corrected chi connectivity index (χ4v) is 3.59. The van der Waals surface area contributed by atoms with Gasteiger partial charge in [0.2, 0.25) is 0 Å². The minimum absolute atomic E-state index is 0.363. The second-order valence-corrected chi connectivity index (χ2v) is 6.93. The summed E-state index contributed by atoms with van der Waals surface area (Å²) in [5.74, 6) is 1.10. The second-order valence-electron chi connectivity index (χ2n) is 5.78. The first-order valence-corrected chi connectivity index (χ1v) is 8.83. The molecule has 1 aliphatic carbocycles. The molecule has 0 heterocycles. The predicted octanol–water partition coefficient (Wildman–Crippen LogP) is 5.99. The van der Waals surface area contributed by atoms with Crippen molar-refractivity contribution in [1.82, 2.24) is 0 Å². The highest BCUT2D eigenvalue weighted by Crippen LogP contribution is 2.27. The number of Topliss-reactive ketones (excluding diaryl/α,β-unsaturated/α-hetero) is 1. The minimum atomic E-state index is 0.363. The Bertz CT molecular complexity index is 507. The maximum Gasteiger partial charge on any atom is 0.130 e. The molecule has 0 aromatic heterocycles. The van der Waals surface area contributed by atoms with Crippen LogP contribution < -0.4 is 0 Å². The van der Waals surface area contributed by atoms with Gasteiger partial charge in [0.25, 0.3) is 0 Å². The molecule has 1 nitrogen and oxygen atoms in total. The lowest BCUT2D eigenvalue weighted by atomic mass is 10.0. The maximum atomic E-state index is 10.6. The molecule has 0 unspecified atom stereocenters. The van der Waals surface area contributed by atoms with Crippen molar-refractivity contribution in [2.45, 2.75) is 48.8 Å². The van der Waals surface area contributed by atoms with Gasteiger partial charge in [0.05, 0.1) is 0 Å². The summed E-state index contributed by atoms with van der Waals surface area (Å²) in [5, 5.41) is 0. The Kier molecular flexibility index (Phi) is 7.24. The van der Waals surface area contributed by atoms with Crippen molar-refractivity contribution in [3.05, 3.63) is 60.7 Å². The van der Waals surface area contributed by atoms with E-state index in [2.05, 4.69) is 48.5 Å². The third kappa shape index (κ3) is 6.48. The van der Waals surface area contributed by atoms with Crippen LogP contribution in [0.25, 0.3) is 0 Å². The molecular weight excluding hydrogens is 288 g/mol. The van der Waals surface area contributed by atoms with E-state index in [-0.39, 0.29) is 0 Å². The third-order valence-corrected chi connectivity index (χ3v) is 4.79. The van der Waals surface area contributed by atoms with Crippen molar-refractivity contribution in [2.75, 3.05) is 0 Å². The van der Waals surface area contributed by atoms with Gasteiger partial charge in [-0.05, 0) is 37.1 Å². The number of ketones is 1. The molecule has 0 amide bonds. The van der Waals surface area contributed by atoms with Crippen LogP contribution in [0.1, 0.15) is 39.0 Å². The summed E-state index contributed by atoms with van der Waals surface area (Å²) in [7, 11) is 0. The van der Waals surface area contributed by atoms with Gasteiger partial charge in [-0.1, -0.05) is 73.8 Å². The van der Waals surface area contributed by atoms with Crippen LogP contribution in [0.15, 0.2) is 70.5 Å². The van der Waals surface area contributed by atoms with Crippen molar-refractivity contribution < 1.29 is 4.79 Å². The zero-order valence-electron chi connectivity index (χ0n) is 13.2. The fraction of sp³-hybridized carbons (Fsp3) is 0.350. The van der Waals surface area contributed by atoms with Crippen LogP contribution in [0.3, 0.4) is 0 Å². The highest BCUT2D eigenvalue weighted by atomic mass is 32.2. The smallest absolute Gasteiger partial charge is 0.130 e. The SMILES string of the molecule is CC(=O)CC1CCCC1.c1ccc(Sc2ccccc2)cc1. The lowest BCUT2D eigenvalue weighted by molar-refractivity contribution is -0.117. The number of carbonyl (C=O) groups excluding carboxylic acids is 1. The molecule has 116 valence electrons. The van der Waals surface area contributed by atoms with E-state index < -0.39 is 0 Å². The second kappa shape index (κ2) is 9.47. The topological polar surface area (TPSA) is 17.1 Å². The standard InChI is InChI=1S/C12H10S.C8H14O/c1-3-7-11(8-4-1)13-12-9-5-2-6-10-12;1-7(9)6-8-4-2-3-5-8/h1-10H;8H,2-6H2,1H3. The van der Waals surface area contributed by atoms with Gasteiger partial charge in [-0.15, -0.1) is 0 Å². The molecule has 0 spiro atoms. The van der Waals surface area contributed by atoms with Gasteiger partial charge in [0.1, 0.15) is 5.78 Å². The molecule has 0 radical (unpaired) electrons. The molecule has 1 aliphatic rings. The third-order valence-electron chi connectivity index (χ3n) is 3.77. The Hall–Kier alpha value is -1.54. The van der Waals surface area contributed by atoms with Crippen LogP contribution in [0.4, 0.5) is 0 Å². The van der Waals surface area contributed by atoms with E-state index in [0.717, 1.165) is 12.3 Å². The van der Waals surface area contributed by atoms with Crippen LogP contribution in [0.2, 0.25) is 0 Å². The van der Waals surface area contributed by atoms with Gasteiger partial charge in [0, 0.05) is 16.2 Å². The summed E-state index contributed by atoms with van der Waals surface area (Å²) in [5.41, 5.74) is 0. The molecule has 0 N–H and O–H groups in total. The van der Waals surface area contributed by atoms with E-state index in [4.69, 9.17) is 0 Å². The zero-order valence-corrected chi connectivity index (χ0v) is 14.0. The lowest BCUT2D eigenvalue weighted by Crippen LogP contribution is -1.99. The van der Waals surface area contributed by atoms with Crippen molar-refractivity contribution in [3.8, 4) is 0 Å². The van der Waals surface area contributed by atoms with Crippen LogP contribution >= 0.6 is 11.8 Å². The first kappa shape index (κ1) is 16.8. The van der Waals surface area contributed by atoms with Crippen molar-refractivity contribution >= 4 is 17.5 Å². The fourth-order valence-electron chi connectivity index (χ4n) is 2.73. The van der Waals surface area contributed by atoms with Crippen LogP contribution in [-0.2, 0) is 4.79 Å². The number of carbonyl (C=O) groups is 1. The normalized spacial score (nSPS) is 14.2. The number of rotatable bonds is 4. The van der Waals surface area contributed by atoms with Gasteiger partial charge in [0.15, 0.2) is 0 Å². The Morgan fingerprint density at radius 3 is 1.77 bits per heavy atom. The molecule has 0 atom stereocenters. The van der Waals surface area contributed by atoms with Crippen LogP contribution in [-0.4, -0.2) is 5.78 Å². The molecule has 0 saturated heterocycles. The molecular formula is C20H24OS. The number of benzene rings is 2. The van der Waals surface area contributed by atoms with E-state index in [1.807, 2.05) is 12.1 Å². The molecule has 1 fully saturated rings. The molecule has 22 heavy (non-hydrogen) atoms. The first-order valence-electron chi connectivity index (χ1n) is 8.01. The summed E-state index contributed by atoms with van der Waals surface area (Å²) in [4.78, 5) is 13.2. The van der Waals surface area contributed by atoms with Gasteiger partial charge in [-0.3, -0.25) is 0 Å². The Morgan fingerprint density at radius 1 is 0.909 bits per heavy atom. The highest BCUT2D eigenvalue weighted by Gasteiger charge is 2.15. The monoisotopic (exact) mass is 312 g/mol. The van der Waals surface area contributed by atoms with E-state index >= 15 is 0 Å². The number of hydrogen-bond donors (Lipinski definition) is 0. The molecule has 2 aromatic carbocycles. The van der Waals surface area contributed by atoms with Gasteiger partial charge >= 0.3 is 0 Å². The molecule has 1 saturated carbocycles. The summed E-state index contributed by atoms with van der Waals surface area (Å²) >= 11 is 1.79. The average Bonchev–Trinajstić information content (AvgIpc) is 3.02. The van der Waals surface area contributed by atoms with Crippen molar-refractivity contribution in [3.63, 3.8) is 0 Å². The zero-order chi connectivity index (χ0) is 15.6. The largest absolute Gasteiger partial charge is 0.300 e. The van der Waals surface area contributed by atoms with E-state index in [1.165, 1.54) is 35.5 Å². The van der Waals surface area contributed by atoms with Gasteiger partial charge in [-0.2, -0.15) is 0 Å². The quantitative estimate of drug-likeness (QED) is 0.689. The van der Waals surface area contributed by atoms with Crippen LogP contribution in [0.5, 0.6) is 0 Å². The molecule has 0 bridgehead atoms. The minimum Gasteiger partial charge on any atom is -0.300 e. The number of hydrogen-bond acceptors (Lipinski definition) is 2. The molecule has 2 aromatic rings. The first-order chi connectivity index (χ1) is 10.7. The lowest BCUT2D eigenvalue weighted by Gasteiger charge is -2.02. The van der Waals surface area contributed by atoms with Gasteiger partial charge in [-0.25, -0.2) is 0 Å². The Morgan fingerprint density at radius 2 is 1.36 bits per heavy atom. The van der Waals surface area contributed by atoms with Crippen molar-refractivity contribution in [2.24, 2.45) is 5.92 Å². The molecule has 0 aliphatic heterocycles. The molecule has 2 heteroatoms. The van der Waals surface area contributed by atoms with Gasteiger partial charge < -0.3 is 4.79 Å². The van der Waals surface area contributed by atoms with E-state index in [9.17, 15) is 4.79 Å².